The number of nitrogens with zero attached hydrogens (tertiary/aromatic N) is 2. The molecule has 0 saturated heterocycles. The number of rotatable bonds is 5. The molecule has 138 valence electrons. The fourth-order valence-corrected chi connectivity index (χ4v) is 3.55. The van der Waals surface area contributed by atoms with Crippen LogP contribution in [0.2, 0.25) is 0 Å². The van der Waals surface area contributed by atoms with Crippen molar-refractivity contribution in [2.75, 3.05) is 20.6 Å². The minimum atomic E-state index is -4.39. The molecule has 2 nitrogen and oxygen atoms in total. The normalized spacial score (nSPS) is 12.3. The molecule has 0 amide bonds. The van der Waals surface area contributed by atoms with Crippen molar-refractivity contribution in [1.82, 2.24) is 9.47 Å². The first kappa shape index (κ1) is 19.0. The van der Waals surface area contributed by atoms with Crippen LogP contribution in [0.15, 0.2) is 53.1 Å². The summed E-state index contributed by atoms with van der Waals surface area (Å²) >= 11 is 3.49. The molecule has 3 rings (SSSR count). The van der Waals surface area contributed by atoms with Gasteiger partial charge in [0.25, 0.3) is 0 Å². The summed E-state index contributed by atoms with van der Waals surface area (Å²) in [5.74, 6) is 0. The molecule has 1 aromatic heterocycles. The molecule has 3 aromatic rings. The molecule has 0 spiro atoms. The van der Waals surface area contributed by atoms with Crippen molar-refractivity contribution in [3.05, 3.63) is 69.8 Å². The Bertz CT molecular complexity index is 913. The summed E-state index contributed by atoms with van der Waals surface area (Å²) in [6.07, 6.45) is -1.82. The highest BCUT2D eigenvalue weighted by Crippen LogP contribution is 2.37. The Morgan fingerprint density at radius 2 is 1.73 bits per heavy atom. The van der Waals surface area contributed by atoms with Crippen molar-refractivity contribution in [2.24, 2.45) is 0 Å². The predicted molar refractivity (Wildman–Crippen MR) is 102 cm³/mol. The highest BCUT2D eigenvalue weighted by atomic mass is 79.9. The zero-order valence-electron chi connectivity index (χ0n) is 14.6. The van der Waals surface area contributed by atoms with Crippen LogP contribution in [-0.4, -0.2) is 30.1 Å². The monoisotopic (exact) mass is 424 g/mol. The van der Waals surface area contributed by atoms with E-state index in [4.69, 9.17) is 0 Å². The Morgan fingerprint density at radius 3 is 2.38 bits per heavy atom. The first-order chi connectivity index (χ1) is 12.3. The third-order valence-electron chi connectivity index (χ3n) is 4.41. The average molecular weight is 425 g/mol. The van der Waals surface area contributed by atoms with Crippen LogP contribution in [-0.2, 0) is 19.1 Å². The summed E-state index contributed by atoms with van der Waals surface area (Å²) in [4.78, 5) is 2.03. The molecule has 0 atom stereocenters. The van der Waals surface area contributed by atoms with Gasteiger partial charge in [-0.15, -0.1) is 0 Å². The zero-order chi connectivity index (χ0) is 18.9. The fourth-order valence-electron chi connectivity index (χ4n) is 3.14. The quantitative estimate of drug-likeness (QED) is 0.519. The molecule has 0 radical (unpaired) electrons. The van der Waals surface area contributed by atoms with Gasteiger partial charge in [-0.05, 0) is 43.8 Å². The molecular weight excluding hydrogens is 405 g/mol. The van der Waals surface area contributed by atoms with Crippen molar-refractivity contribution in [1.29, 1.82) is 0 Å². The van der Waals surface area contributed by atoms with E-state index in [1.54, 1.807) is 10.6 Å². The van der Waals surface area contributed by atoms with Crippen LogP contribution >= 0.6 is 15.9 Å². The second-order valence-corrected chi connectivity index (χ2v) is 7.48. The first-order valence-electron chi connectivity index (χ1n) is 8.33. The van der Waals surface area contributed by atoms with Gasteiger partial charge in [-0.3, -0.25) is 0 Å². The van der Waals surface area contributed by atoms with Gasteiger partial charge in [0.05, 0.1) is 11.1 Å². The molecule has 26 heavy (non-hydrogen) atoms. The van der Waals surface area contributed by atoms with E-state index in [0.29, 0.717) is 18.4 Å². The van der Waals surface area contributed by atoms with Crippen molar-refractivity contribution in [3.63, 3.8) is 0 Å². The number of hydrogen-bond acceptors (Lipinski definition) is 1. The molecular formula is C20H20BrF3N2. The molecule has 0 bridgehead atoms. The van der Waals surface area contributed by atoms with Gasteiger partial charge in [0.15, 0.2) is 0 Å². The molecule has 0 unspecified atom stereocenters. The minimum absolute atomic E-state index is 0.254. The maximum Gasteiger partial charge on any atom is 0.418 e. The molecule has 0 saturated carbocycles. The summed E-state index contributed by atoms with van der Waals surface area (Å²) in [6.45, 7) is 1.16. The number of aromatic nitrogens is 1. The predicted octanol–water partition coefficient (Wildman–Crippen LogP) is 5.58. The topological polar surface area (TPSA) is 8.17 Å². The molecule has 0 N–H and O–H groups in total. The van der Waals surface area contributed by atoms with Gasteiger partial charge in [-0.25, -0.2) is 0 Å². The van der Waals surface area contributed by atoms with Gasteiger partial charge in [0, 0.05) is 29.1 Å². The summed E-state index contributed by atoms with van der Waals surface area (Å²) in [7, 11) is 3.92. The lowest BCUT2D eigenvalue weighted by molar-refractivity contribution is -0.136. The van der Waals surface area contributed by atoms with Crippen molar-refractivity contribution < 1.29 is 13.2 Å². The van der Waals surface area contributed by atoms with E-state index >= 15 is 0 Å². The van der Waals surface area contributed by atoms with Crippen LogP contribution in [0.5, 0.6) is 0 Å². The Morgan fingerprint density at radius 1 is 1.00 bits per heavy atom. The lowest BCUT2D eigenvalue weighted by Gasteiger charge is -2.13. The van der Waals surface area contributed by atoms with E-state index in [-0.39, 0.29) is 5.52 Å². The molecule has 2 aromatic carbocycles. The van der Waals surface area contributed by atoms with E-state index < -0.39 is 11.7 Å². The van der Waals surface area contributed by atoms with E-state index in [9.17, 15) is 13.2 Å². The summed E-state index contributed by atoms with van der Waals surface area (Å²) in [6, 6.07) is 12.0. The van der Waals surface area contributed by atoms with Crippen LogP contribution in [0.1, 0.15) is 16.7 Å². The molecule has 0 aliphatic heterocycles. The Hall–Kier alpha value is -1.79. The number of hydrogen-bond donors (Lipinski definition) is 0. The van der Waals surface area contributed by atoms with Crippen molar-refractivity contribution >= 4 is 26.8 Å². The maximum atomic E-state index is 13.6. The van der Waals surface area contributed by atoms with Crippen LogP contribution in [0.3, 0.4) is 0 Å². The van der Waals surface area contributed by atoms with Gasteiger partial charge in [0.2, 0.25) is 0 Å². The molecule has 0 fully saturated rings. The number of likely N-dealkylation sites (N-methyl/N-ethyl adjacent to an activating group) is 1. The second kappa shape index (κ2) is 7.45. The summed E-state index contributed by atoms with van der Waals surface area (Å²) in [5.41, 5.74) is 1.55. The van der Waals surface area contributed by atoms with Gasteiger partial charge < -0.3 is 9.47 Å². The van der Waals surface area contributed by atoms with Gasteiger partial charge in [-0.2, -0.15) is 13.2 Å². The molecule has 0 aliphatic carbocycles. The third-order valence-corrected chi connectivity index (χ3v) is 5.19. The Kier molecular flexibility index (Phi) is 5.44. The number of halogens is 4. The minimum Gasteiger partial charge on any atom is -0.342 e. The lowest BCUT2D eigenvalue weighted by Crippen LogP contribution is -2.14. The number of para-hydroxylation sites is 1. The van der Waals surface area contributed by atoms with Gasteiger partial charge in [0.1, 0.15) is 0 Å². The SMILES string of the molecule is CN(C)CCc1cn(Cc2ccccc2Br)c2c(C(F)(F)F)cccc12. The average Bonchev–Trinajstić information content (AvgIpc) is 2.92. The number of alkyl halides is 3. The Labute approximate surface area is 159 Å². The fraction of sp³-hybridized carbons (Fsp3) is 0.300. The van der Waals surface area contributed by atoms with E-state index in [0.717, 1.165) is 28.2 Å². The van der Waals surface area contributed by atoms with Crippen LogP contribution in [0, 0.1) is 0 Å². The summed E-state index contributed by atoms with van der Waals surface area (Å²) < 4.78 is 43.4. The smallest absolute Gasteiger partial charge is 0.342 e. The van der Waals surface area contributed by atoms with Crippen molar-refractivity contribution in [2.45, 2.75) is 19.1 Å². The summed E-state index contributed by atoms with van der Waals surface area (Å²) in [5, 5.41) is 0.675. The largest absolute Gasteiger partial charge is 0.418 e. The van der Waals surface area contributed by atoms with Gasteiger partial charge in [-0.1, -0.05) is 46.3 Å². The maximum absolute atomic E-state index is 13.6. The standard InChI is InChI=1S/C20H20BrF3N2/c1-25(2)11-10-14-12-26(13-15-6-3-4-9-18(15)21)19-16(14)7-5-8-17(19)20(22,23)24/h3-9,12H,10-11,13H2,1-2H3. The highest BCUT2D eigenvalue weighted by Gasteiger charge is 2.34. The van der Waals surface area contributed by atoms with Crippen molar-refractivity contribution in [3.8, 4) is 0 Å². The molecule has 1 heterocycles. The number of benzene rings is 2. The van der Waals surface area contributed by atoms with E-state index in [1.165, 1.54) is 6.07 Å². The third kappa shape index (κ3) is 3.96. The zero-order valence-corrected chi connectivity index (χ0v) is 16.2. The second-order valence-electron chi connectivity index (χ2n) is 6.63. The van der Waals surface area contributed by atoms with Crippen LogP contribution in [0.25, 0.3) is 10.9 Å². The van der Waals surface area contributed by atoms with E-state index in [2.05, 4.69) is 15.9 Å². The molecule has 6 heteroatoms. The van der Waals surface area contributed by atoms with Crippen LogP contribution < -0.4 is 0 Å². The Balaban J connectivity index is 2.15. The van der Waals surface area contributed by atoms with Crippen LogP contribution in [0.4, 0.5) is 13.2 Å². The van der Waals surface area contributed by atoms with Gasteiger partial charge >= 0.3 is 6.18 Å². The highest BCUT2D eigenvalue weighted by molar-refractivity contribution is 9.10. The first-order valence-corrected chi connectivity index (χ1v) is 9.12. The number of fused-ring (bicyclic) bond motifs is 1. The van der Waals surface area contributed by atoms with E-state index in [1.807, 2.05) is 49.5 Å². The lowest BCUT2D eigenvalue weighted by atomic mass is 10.1. The molecule has 0 aliphatic rings.